The minimum atomic E-state index is -3.93. The summed E-state index contributed by atoms with van der Waals surface area (Å²) in [5.74, 6) is -1.48. The van der Waals surface area contributed by atoms with E-state index >= 15 is 0 Å². The number of likely N-dealkylation sites (tertiary alicyclic amines) is 1. The second kappa shape index (κ2) is 7.91. The fraction of sp³-hybridized carbons (Fsp3) is 0.429. The Hall–Kier alpha value is -2.41. The number of nitrogens with two attached hydrogens (primary N) is 1. The normalized spacial score (nSPS) is 21.2. The number of carbonyl (C=O) groups excluding carboxylic acids is 2. The average molecular weight is 403 g/mol. The molecule has 1 heterocycles. The van der Waals surface area contributed by atoms with Crippen molar-refractivity contribution in [1.82, 2.24) is 4.90 Å². The number of benzene rings is 2. The number of carbonyl (C=O) groups is 2. The van der Waals surface area contributed by atoms with E-state index < -0.39 is 32.9 Å². The smallest absolute Gasteiger partial charge is 0.242 e. The SMILES string of the molecule is CCC[C@H]1CN([C@@H](CC)C(N)=O)C(=O)C1S(=O)(=O)c1cccc2ccccc12. The van der Waals surface area contributed by atoms with Crippen LogP contribution in [0.1, 0.15) is 33.1 Å². The third-order valence-electron chi connectivity index (χ3n) is 5.53. The Balaban J connectivity index is 2.10. The van der Waals surface area contributed by atoms with Gasteiger partial charge in [0.05, 0.1) is 4.90 Å². The number of fused-ring (bicyclic) bond motifs is 1. The van der Waals surface area contributed by atoms with Gasteiger partial charge in [-0.25, -0.2) is 8.42 Å². The summed E-state index contributed by atoms with van der Waals surface area (Å²) in [7, 11) is -3.93. The fourth-order valence-corrected chi connectivity index (χ4v) is 6.40. The molecule has 0 saturated carbocycles. The van der Waals surface area contributed by atoms with Crippen LogP contribution in [0, 0.1) is 5.92 Å². The van der Waals surface area contributed by atoms with Gasteiger partial charge in [-0.3, -0.25) is 9.59 Å². The summed E-state index contributed by atoms with van der Waals surface area (Å²) in [6.45, 7) is 3.97. The van der Waals surface area contributed by atoms with E-state index in [1.807, 2.05) is 25.1 Å². The lowest BCUT2D eigenvalue weighted by molar-refractivity contribution is -0.135. The summed E-state index contributed by atoms with van der Waals surface area (Å²) in [6, 6.07) is 11.6. The van der Waals surface area contributed by atoms with Gasteiger partial charge < -0.3 is 10.6 Å². The number of nitrogens with zero attached hydrogens (tertiary/aromatic N) is 1. The van der Waals surface area contributed by atoms with Gasteiger partial charge in [0, 0.05) is 17.8 Å². The van der Waals surface area contributed by atoms with Crippen molar-refractivity contribution in [3.05, 3.63) is 42.5 Å². The molecule has 6 nitrogen and oxygen atoms in total. The van der Waals surface area contributed by atoms with E-state index in [0.29, 0.717) is 18.2 Å². The summed E-state index contributed by atoms with van der Waals surface area (Å²) in [5.41, 5.74) is 5.47. The van der Waals surface area contributed by atoms with Crippen molar-refractivity contribution >= 4 is 32.4 Å². The lowest BCUT2D eigenvalue weighted by atomic mass is 10.0. The number of amides is 2. The molecule has 1 aliphatic rings. The third kappa shape index (κ3) is 3.39. The molecule has 150 valence electrons. The Morgan fingerprint density at radius 3 is 2.50 bits per heavy atom. The summed E-state index contributed by atoms with van der Waals surface area (Å²) in [6.07, 6.45) is 1.70. The van der Waals surface area contributed by atoms with Crippen LogP contribution in [0.2, 0.25) is 0 Å². The zero-order chi connectivity index (χ0) is 20.5. The lowest BCUT2D eigenvalue weighted by Crippen LogP contribution is -2.47. The van der Waals surface area contributed by atoms with Gasteiger partial charge in [-0.2, -0.15) is 0 Å². The van der Waals surface area contributed by atoms with Crippen molar-refractivity contribution in [2.24, 2.45) is 11.7 Å². The number of rotatable bonds is 7. The van der Waals surface area contributed by atoms with Gasteiger partial charge in [-0.1, -0.05) is 56.7 Å². The Bertz CT molecular complexity index is 997. The fourth-order valence-electron chi connectivity index (χ4n) is 4.24. The van der Waals surface area contributed by atoms with Crippen molar-refractivity contribution in [2.45, 2.75) is 49.3 Å². The average Bonchev–Trinajstić information content (AvgIpc) is 2.98. The molecule has 3 rings (SSSR count). The van der Waals surface area contributed by atoms with Crippen molar-refractivity contribution in [1.29, 1.82) is 0 Å². The Kier molecular flexibility index (Phi) is 5.74. The molecular weight excluding hydrogens is 376 g/mol. The zero-order valence-corrected chi connectivity index (χ0v) is 17.0. The standard InChI is InChI=1S/C21H26N2O4S/c1-3-8-15-13-23(17(4-2)20(22)24)21(25)19(15)28(26,27)18-12-7-10-14-9-5-6-11-16(14)18/h5-7,9-12,15,17,19H,3-4,8,13H2,1-2H3,(H2,22,24)/t15-,17-,19?/m0/s1. The molecule has 0 aromatic heterocycles. The van der Waals surface area contributed by atoms with E-state index in [0.717, 1.165) is 11.8 Å². The zero-order valence-electron chi connectivity index (χ0n) is 16.2. The second-order valence-corrected chi connectivity index (χ2v) is 9.35. The number of hydrogen-bond donors (Lipinski definition) is 1. The van der Waals surface area contributed by atoms with Crippen molar-refractivity contribution in [2.75, 3.05) is 6.54 Å². The second-order valence-electron chi connectivity index (χ2n) is 7.31. The van der Waals surface area contributed by atoms with Crippen LogP contribution in [0.5, 0.6) is 0 Å². The molecule has 0 spiro atoms. The van der Waals surface area contributed by atoms with Crippen LogP contribution in [-0.4, -0.2) is 43.0 Å². The molecule has 0 radical (unpaired) electrons. The predicted molar refractivity (Wildman–Crippen MR) is 108 cm³/mol. The van der Waals surface area contributed by atoms with Gasteiger partial charge in [0.25, 0.3) is 0 Å². The first-order valence-electron chi connectivity index (χ1n) is 9.64. The van der Waals surface area contributed by atoms with Crippen LogP contribution in [0.4, 0.5) is 0 Å². The molecular formula is C21H26N2O4S. The van der Waals surface area contributed by atoms with E-state index in [1.165, 1.54) is 4.90 Å². The molecule has 0 bridgehead atoms. The van der Waals surface area contributed by atoms with Crippen LogP contribution in [0.15, 0.2) is 47.4 Å². The molecule has 28 heavy (non-hydrogen) atoms. The third-order valence-corrected chi connectivity index (χ3v) is 7.75. The first-order chi connectivity index (χ1) is 13.3. The molecule has 0 aliphatic carbocycles. The number of primary amides is 1. The van der Waals surface area contributed by atoms with Gasteiger partial charge >= 0.3 is 0 Å². The quantitative estimate of drug-likeness (QED) is 0.769. The van der Waals surface area contributed by atoms with E-state index in [1.54, 1.807) is 31.2 Å². The molecule has 1 fully saturated rings. The maximum atomic E-state index is 13.6. The van der Waals surface area contributed by atoms with Crippen molar-refractivity contribution < 1.29 is 18.0 Å². The molecule has 2 aromatic carbocycles. The molecule has 1 unspecified atom stereocenters. The first kappa shape index (κ1) is 20.3. The summed E-state index contributed by atoms with van der Waals surface area (Å²) >= 11 is 0. The highest BCUT2D eigenvalue weighted by Crippen LogP contribution is 2.36. The van der Waals surface area contributed by atoms with E-state index in [2.05, 4.69) is 0 Å². The van der Waals surface area contributed by atoms with Gasteiger partial charge in [0.2, 0.25) is 11.8 Å². The van der Waals surface area contributed by atoms with Crippen LogP contribution in [-0.2, 0) is 19.4 Å². The number of hydrogen-bond acceptors (Lipinski definition) is 4. The minimum Gasteiger partial charge on any atom is -0.368 e. The molecule has 7 heteroatoms. The van der Waals surface area contributed by atoms with Gasteiger partial charge in [0.1, 0.15) is 11.3 Å². The topological polar surface area (TPSA) is 97.5 Å². The molecule has 3 atom stereocenters. The van der Waals surface area contributed by atoms with Gasteiger partial charge in [-0.15, -0.1) is 0 Å². The van der Waals surface area contributed by atoms with Crippen LogP contribution < -0.4 is 5.73 Å². The van der Waals surface area contributed by atoms with Crippen LogP contribution in [0.25, 0.3) is 10.8 Å². The Labute approximate surface area is 165 Å². The highest BCUT2D eigenvalue weighted by atomic mass is 32.2. The Morgan fingerprint density at radius 2 is 1.86 bits per heavy atom. The maximum absolute atomic E-state index is 13.6. The van der Waals surface area contributed by atoms with Crippen LogP contribution >= 0.6 is 0 Å². The van der Waals surface area contributed by atoms with Crippen molar-refractivity contribution in [3.63, 3.8) is 0 Å². The number of sulfone groups is 1. The highest BCUT2D eigenvalue weighted by molar-refractivity contribution is 7.93. The van der Waals surface area contributed by atoms with Crippen LogP contribution in [0.3, 0.4) is 0 Å². The van der Waals surface area contributed by atoms with E-state index in [4.69, 9.17) is 5.73 Å². The summed E-state index contributed by atoms with van der Waals surface area (Å²) in [5, 5.41) is 0.224. The molecule has 2 amide bonds. The Morgan fingerprint density at radius 1 is 1.18 bits per heavy atom. The van der Waals surface area contributed by atoms with Gasteiger partial charge in [0.15, 0.2) is 9.84 Å². The summed E-state index contributed by atoms with van der Waals surface area (Å²) < 4.78 is 27.2. The van der Waals surface area contributed by atoms with Crippen molar-refractivity contribution in [3.8, 4) is 0 Å². The molecule has 1 aliphatic heterocycles. The molecule has 2 N–H and O–H groups in total. The molecule has 2 aromatic rings. The highest BCUT2D eigenvalue weighted by Gasteiger charge is 2.50. The predicted octanol–water partition coefficient (Wildman–Crippen LogP) is 2.50. The monoisotopic (exact) mass is 402 g/mol. The van der Waals surface area contributed by atoms with E-state index in [-0.39, 0.29) is 17.4 Å². The summed E-state index contributed by atoms with van der Waals surface area (Å²) in [4.78, 5) is 26.5. The molecule has 1 saturated heterocycles. The van der Waals surface area contributed by atoms with E-state index in [9.17, 15) is 18.0 Å². The lowest BCUT2D eigenvalue weighted by Gasteiger charge is -2.24. The first-order valence-corrected chi connectivity index (χ1v) is 11.2. The largest absolute Gasteiger partial charge is 0.368 e. The minimum absolute atomic E-state index is 0.166. The van der Waals surface area contributed by atoms with Gasteiger partial charge in [-0.05, 0) is 24.3 Å². The maximum Gasteiger partial charge on any atom is 0.242 e.